The number of pyridine rings is 2. The monoisotopic (exact) mass is 594 g/mol. The van der Waals surface area contributed by atoms with Gasteiger partial charge in [-0.2, -0.15) is 68.4 Å². The lowest BCUT2D eigenvalue weighted by molar-refractivity contribution is -0.142. The fourth-order valence-electron chi connectivity index (χ4n) is 4.11. The number of nitriles is 8. The van der Waals surface area contributed by atoms with Crippen LogP contribution in [0.5, 0.6) is 0 Å². The van der Waals surface area contributed by atoms with Gasteiger partial charge in [-0.1, -0.05) is 12.1 Å². The van der Waals surface area contributed by atoms with Crippen LogP contribution in [0.4, 0.5) is 26.3 Å². The summed E-state index contributed by atoms with van der Waals surface area (Å²) in [6, 6.07) is 13.2. The van der Waals surface area contributed by atoms with Crippen molar-refractivity contribution < 1.29 is 26.3 Å². The molecular weight excluding hydrogens is 590 g/mol. The molecule has 0 radical (unpaired) electrons. The Morgan fingerprint density at radius 3 is 1.05 bits per heavy atom. The summed E-state index contributed by atoms with van der Waals surface area (Å²) in [6.07, 6.45) is -9.56. The maximum absolute atomic E-state index is 13.6. The summed E-state index contributed by atoms with van der Waals surface area (Å²) in [4.78, 5) is 6.18. The maximum Gasteiger partial charge on any atom is 0.434 e. The fraction of sp³-hybridized carbons (Fsp3) is 0.0714. The summed E-state index contributed by atoms with van der Waals surface area (Å²) in [5.74, 6) is 0. The number of hydrogen-bond acceptors (Lipinski definition) is 10. The van der Waals surface area contributed by atoms with Crippen LogP contribution in [0.2, 0.25) is 0 Å². The quantitative estimate of drug-likeness (QED) is 0.395. The summed E-state index contributed by atoms with van der Waals surface area (Å²) in [6.45, 7) is 0. The normalized spacial score (nSPS) is 12.0. The first-order chi connectivity index (χ1) is 20.8. The molecule has 0 aliphatic rings. The Hall–Kier alpha value is -7.24. The van der Waals surface area contributed by atoms with Crippen LogP contribution in [0.25, 0.3) is 11.1 Å². The SMILES string of the molecule is N#C/C(c1c(C#N)cnc(C(F)(F)F)c1C#N)=c1/cc/c(=C(/C#N)c2c(C#N)cnc(C(F)(F)F)c2C#N)c(C#N)c1C#N. The van der Waals surface area contributed by atoms with Gasteiger partial charge in [-0.25, -0.2) is 9.97 Å². The maximum atomic E-state index is 13.6. The van der Waals surface area contributed by atoms with Gasteiger partial charge in [-0.05, 0) is 0 Å². The minimum Gasteiger partial charge on any atom is -0.249 e. The molecule has 2 heterocycles. The number of aromatic nitrogens is 2. The molecule has 0 spiro atoms. The van der Waals surface area contributed by atoms with Crippen molar-refractivity contribution in [2.75, 3.05) is 0 Å². The first-order valence-electron chi connectivity index (χ1n) is 11.1. The highest BCUT2D eigenvalue weighted by atomic mass is 19.4. The molecule has 0 bridgehead atoms. The molecule has 0 amide bonds. The van der Waals surface area contributed by atoms with E-state index in [1.807, 2.05) is 0 Å². The Labute approximate surface area is 241 Å². The van der Waals surface area contributed by atoms with E-state index in [0.29, 0.717) is 12.4 Å². The topological polar surface area (TPSA) is 216 Å². The van der Waals surface area contributed by atoms with Crippen LogP contribution in [-0.2, 0) is 12.4 Å². The van der Waals surface area contributed by atoms with Gasteiger partial charge >= 0.3 is 12.4 Å². The fourth-order valence-corrected chi connectivity index (χ4v) is 4.11. The third kappa shape index (κ3) is 5.14. The molecule has 44 heavy (non-hydrogen) atoms. The molecule has 0 atom stereocenters. The van der Waals surface area contributed by atoms with Gasteiger partial charge in [0.2, 0.25) is 0 Å². The second kappa shape index (κ2) is 11.7. The number of nitrogens with zero attached hydrogens (tertiary/aromatic N) is 10. The molecule has 0 unspecified atom stereocenters. The van der Waals surface area contributed by atoms with E-state index in [1.54, 1.807) is 0 Å². The van der Waals surface area contributed by atoms with E-state index in [1.165, 1.54) is 48.6 Å². The van der Waals surface area contributed by atoms with Crippen molar-refractivity contribution in [3.05, 3.63) is 90.9 Å². The molecule has 3 aromatic rings. The molecule has 0 fully saturated rings. The average molecular weight is 594 g/mol. The van der Waals surface area contributed by atoms with E-state index in [9.17, 15) is 68.4 Å². The van der Waals surface area contributed by atoms with Gasteiger partial charge < -0.3 is 0 Å². The molecule has 2 aromatic heterocycles. The van der Waals surface area contributed by atoms with E-state index in [2.05, 4.69) is 9.97 Å². The zero-order chi connectivity index (χ0) is 33.0. The van der Waals surface area contributed by atoms with Gasteiger partial charge in [0, 0.05) is 34.0 Å². The molecule has 3 rings (SSSR count). The van der Waals surface area contributed by atoms with Crippen LogP contribution in [0.3, 0.4) is 0 Å². The van der Waals surface area contributed by atoms with Crippen LogP contribution in [0.15, 0.2) is 24.5 Å². The zero-order valence-electron chi connectivity index (χ0n) is 21.0. The van der Waals surface area contributed by atoms with Crippen molar-refractivity contribution in [1.82, 2.24) is 9.97 Å². The van der Waals surface area contributed by atoms with Crippen LogP contribution >= 0.6 is 0 Å². The van der Waals surface area contributed by atoms with Crippen molar-refractivity contribution >= 4 is 11.1 Å². The summed E-state index contributed by atoms with van der Waals surface area (Å²) >= 11 is 0. The van der Waals surface area contributed by atoms with Gasteiger partial charge in [0.15, 0.2) is 11.4 Å². The predicted molar refractivity (Wildman–Crippen MR) is 129 cm³/mol. The van der Waals surface area contributed by atoms with Crippen molar-refractivity contribution in [2.45, 2.75) is 12.4 Å². The van der Waals surface area contributed by atoms with Crippen molar-refractivity contribution in [2.24, 2.45) is 0 Å². The van der Waals surface area contributed by atoms with E-state index in [4.69, 9.17) is 0 Å². The zero-order valence-corrected chi connectivity index (χ0v) is 21.0. The van der Waals surface area contributed by atoms with Gasteiger partial charge in [0.25, 0.3) is 0 Å². The summed E-state index contributed by atoms with van der Waals surface area (Å²) in [5, 5.41) is 76.7. The van der Waals surface area contributed by atoms with Crippen LogP contribution in [0, 0.1) is 90.6 Å². The molecule has 0 saturated carbocycles. The smallest absolute Gasteiger partial charge is 0.249 e. The lowest BCUT2D eigenvalue weighted by Gasteiger charge is -2.13. The summed E-state index contributed by atoms with van der Waals surface area (Å²) < 4.78 is 81.7. The number of hydrogen-bond donors (Lipinski definition) is 0. The van der Waals surface area contributed by atoms with Crippen LogP contribution in [0.1, 0.15) is 55.9 Å². The molecule has 1 aromatic carbocycles. The van der Waals surface area contributed by atoms with Gasteiger partial charge in [-0.3, -0.25) is 0 Å². The molecule has 0 aliphatic heterocycles. The molecular formula is C28H4F6N10. The van der Waals surface area contributed by atoms with Crippen molar-refractivity contribution in [3.8, 4) is 48.6 Å². The van der Waals surface area contributed by atoms with Crippen molar-refractivity contribution in [1.29, 1.82) is 42.1 Å². The second-order valence-corrected chi connectivity index (χ2v) is 8.09. The van der Waals surface area contributed by atoms with Gasteiger partial charge in [0.1, 0.15) is 48.6 Å². The summed E-state index contributed by atoms with van der Waals surface area (Å²) in [5.41, 5.74) is -12.5. The lowest BCUT2D eigenvalue weighted by Crippen LogP contribution is -2.24. The standard InChI is InChI=1S/C28H4F6N10/c29-27(30,31)25-21(9-41)23(13(3-35)11-43-25)19(7-39)15-1-2-16(18(6-38)17(15)5-37)20(8-40)24-14(4-36)12-44-26(22(24)10-42)28(32,33)34/h1-2,11-12H/b19-15+,20-16+. The van der Waals surface area contributed by atoms with Gasteiger partial charge in [0.05, 0.1) is 44.5 Å². The molecule has 0 saturated heterocycles. The lowest BCUT2D eigenvalue weighted by atomic mass is 9.89. The molecule has 0 aliphatic carbocycles. The highest BCUT2D eigenvalue weighted by Gasteiger charge is 2.39. The number of benzene rings is 1. The minimum atomic E-state index is -5.22. The Morgan fingerprint density at radius 1 is 0.500 bits per heavy atom. The Morgan fingerprint density at radius 2 is 0.818 bits per heavy atom. The third-order valence-corrected chi connectivity index (χ3v) is 5.85. The Balaban J connectivity index is 2.73. The molecule has 208 valence electrons. The predicted octanol–water partition coefficient (Wildman–Crippen LogP) is 3.19. The van der Waals surface area contributed by atoms with E-state index < -0.39 is 89.8 Å². The summed E-state index contributed by atoms with van der Waals surface area (Å²) in [7, 11) is 0. The molecule has 16 heteroatoms. The largest absolute Gasteiger partial charge is 0.434 e. The highest BCUT2D eigenvalue weighted by molar-refractivity contribution is 5.87. The van der Waals surface area contributed by atoms with Crippen LogP contribution in [-0.4, -0.2) is 9.97 Å². The van der Waals surface area contributed by atoms with E-state index in [-0.39, 0.29) is 0 Å². The first kappa shape index (κ1) is 31.3. The highest BCUT2D eigenvalue weighted by Crippen LogP contribution is 2.35. The van der Waals surface area contributed by atoms with Gasteiger partial charge in [-0.15, -0.1) is 0 Å². The molecule has 0 N–H and O–H groups in total. The Bertz CT molecular complexity index is 2080. The second-order valence-electron chi connectivity index (χ2n) is 8.09. The number of alkyl halides is 6. The Kier molecular flexibility index (Phi) is 8.32. The van der Waals surface area contributed by atoms with E-state index in [0.717, 1.165) is 12.1 Å². The molecule has 10 nitrogen and oxygen atoms in total. The number of halogens is 6. The number of rotatable bonds is 2. The van der Waals surface area contributed by atoms with Crippen LogP contribution < -0.4 is 10.4 Å². The first-order valence-corrected chi connectivity index (χ1v) is 11.1. The van der Waals surface area contributed by atoms with E-state index >= 15 is 0 Å². The minimum absolute atomic E-state index is 0.442. The third-order valence-electron chi connectivity index (χ3n) is 5.85. The van der Waals surface area contributed by atoms with Crippen molar-refractivity contribution in [3.63, 3.8) is 0 Å². The average Bonchev–Trinajstić information content (AvgIpc) is 2.99.